The van der Waals surface area contributed by atoms with Gasteiger partial charge in [-0.15, -0.1) is 0 Å². The van der Waals surface area contributed by atoms with Crippen molar-refractivity contribution in [3.63, 3.8) is 0 Å². The van der Waals surface area contributed by atoms with E-state index < -0.39 is 17.7 Å². The lowest BCUT2D eigenvalue weighted by Crippen LogP contribution is -2.34. The second kappa shape index (κ2) is 11.5. The Morgan fingerprint density at radius 1 is 1.27 bits per heavy atom. The third-order valence-corrected chi connectivity index (χ3v) is 4.37. The van der Waals surface area contributed by atoms with Gasteiger partial charge in [-0.05, 0) is 70.6 Å². The number of nitrogens with zero attached hydrogens (tertiary/aromatic N) is 1. The zero-order valence-electron chi connectivity index (χ0n) is 18.4. The van der Waals surface area contributed by atoms with E-state index in [0.717, 1.165) is 50.2 Å². The molecule has 8 heteroatoms. The van der Waals surface area contributed by atoms with Crippen LogP contribution in [0.1, 0.15) is 51.3 Å². The van der Waals surface area contributed by atoms with E-state index in [1.165, 1.54) is 18.7 Å². The SMILES string of the molecule is COC(=O)/C(=C/COCCCCc1ccc2c(n1)NCCC2)NC(=O)OC(C)(C)C. The number of hydrogen-bond donors (Lipinski definition) is 2. The summed E-state index contributed by atoms with van der Waals surface area (Å²) >= 11 is 0. The summed E-state index contributed by atoms with van der Waals surface area (Å²) in [6.45, 7) is 6.94. The molecule has 2 N–H and O–H groups in total. The molecule has 0 spiro atoms. The van der Waals surface area contributed by atoms with Crippen molar-refractivity contribution in [3.05, 3.63) is 35.2 Å². The Morgan fingerprint density at radius 2 is 2.07 bits per heavy atom. The number of fused-ring (bicyclic) bond motifs is 1. The van der Waals surface area contributed by atoms with Gasteiger partial charge in [-0.2, -0.15) is 0 Å². The number of esters is 1. The fourth-order valence-electron chi connectivity index (χ4n) is 2.95. The molecule has 30 heavy (non-hydrogen) atoms. The Balaban J connectivity index is 1.70. The fourth-order valence-corrected chi connectivity index (χ4v) is 2.95. The first-order valence-corrected chi connectivity index (χ1v) is 10.4. The molecule has 2 heterocycles. The first-order chi connectivity index (χ1) is 14.3. The minimum atomic E-state index is -0.716. The standard InChI is InChI=1S/C22H33N3O5/c1-22(2,3)30-21(27)25-18(20(26)28-4)12-15-29-14-6-5-9-17-11-10-16-8-7-13-23-19(16)24-17/h10-12H,5-9,13-15H2,1-4H3,(H,23,24)(H,25,27)/b18-12-. The van der Waals surface area contributed by atoms with E-state index >= 15 is 0 Å². The molecule has 8 nitrogen and oxygen atoms in total. The van der Waals surface area contributed by atoms with E-state index in [1.54, 1.807) is 20.8 Å². The maximum Gasteiger partial charge on any atom is 0.412 e. The highest BCUT2D eigenvalue weighted by atomic mass is 16.6. The number of unbranched alkanes of at least 4 members (excludes halogenated alkanes) is 1. The number of hydrogen-bond acceptors (Lipinski definition) is 7. The first kappa shape index (κ1) is 23.7. The third kappa shape index (κ3) is 8.41. The zero-order chi connectivity index (χ0) is 22.0. The molecular formula is C22H33N3O5. The number of pyridine rings is 1. The zero-order valence-corrected chi connectivity index (χ0v) is 18.4. The van der Waals surface area contributed by atoms with Crippen LogP contribution in [0.25, 0.3) is 0 Å². The van der Waals surface area contributed by atoms with Gasteiger partial charge in [-0.1, -0.05) is 6.07 Å². The number of anilines is 1. The highest BCUT2D eigenvalue weighted by Gasteiger charge is 2.19. The number of ether oxygens (including phenoxy) is 3. The molecule has 0 aromatic carbocycles. The fraction of sp³-hybridized carbons (Fsp3) is 0.591. The van der Waals surface area contributed by atoms with Crippen LogP contribution in [0.2, 0.25) is 0 Å². The second-order valence-electron chi connectivity index (χ2n) is 8.11. The molecular weight excluding hydrogens is 386 g/mol. The van der Waals surface area contributed by atoms with Crippen LogP contribution >= 0.6 is 0 Å². The van der Waals surface area contributed by atoms with Gasteiger partial charge >= 0.3 is 12.1 Å². The Morgan fingerprint density at radius 3 is 2.80 bits per heavy atom. The van der Waals surface area contributed by atoms with Crippen LogP contribution in [0.5, 0.6) is 0 Å². The highest BCUT2D eigenvalue weighted by Crippen LogP contribution is 2.20. The van der Waals surface area contributed by atoms with Crippen molar-refractivity contribution in [2.75, 3.05) is 32.2 Å². The first-order valence-electron chi connectivity index (χ1n) is 10.4. The van der Waals surface area contributed by atoms with Crippen molar-refractivity contribution in [2.45, 2.75) is 58.5 Å². The van der Waals surface area contributed by atoms with Crippen LogP contribution in [-0.4, -0.2) is 49.5 Å². The van der Waals surface area contributed by atoms with Crippen LogP contribution < -0.4 is 10.6 Å². The minimum Gasteiger partial charge on any atom is -0.464 e. The van der Waals surface area contributed by atoms with Crippen molar-refractivity contribution in [3.8, 4) is 0 Å². The molecule has 1 amide bonds. The van der Waals surface area contributed by atoms with Gasteiger partial charge in [0.2, 0.25) is 0 Å². The molecule has 0 bridgehead atoms. The van der Waals surface area contributed by atoms with Gasteiger partial charge in [0.15, 0.2) is 0 Å². The summed E-state index contributed by atoms with van der Waals surface area (Å²) in [5, 5.41) is 5.76. The van der Waals surface area contributed by atoms with Crippen LogP contribution in [0.4, 0.5) is 10.6 Å². The highest BCUT2D eigenvalue weighted by molar-refractivity contribution is 5.92. The summed E-state index contributed by atoms with van der Waals surface area (Å²) in [4.78, 5) is 28.4. The number of alkyl carbamates (subject to hydrolysis) is 1. The quantitative estimate of drug-likeness (QED) is 0.360. The van der Waals surface area contributed by atoms with Crippen LogP contribution in [-0.2, 0) is 31.8 Å². The number of methoxy groups -OCH3 is 1. The maximum absolute atomic E-state index is 11.9. The van der Waals surface area contributed by atoms with E-state index in [4.69, 9.17) is 9.47 Å². The molecule has 1 aliphatic heterocycles. The Hall–Kier alpha value is -2.61. The van der Waals surface area contributed by atoms with Crippen LogP contribution in [0, 0.1) is 0 Å². The lowest BCUT2D eigenvalue weighted by Gasteiger charge is -2.20. The van der Waals surface area contributed by atoms with Gasteiger partial charge in [0, 0.05) is 18.8 Å². The topological polar surface area (TPSA) is 98.8 Å². The number of rotatable bonds is 9. The summed E-state index contributed by atoms with van der Waals surface area (Å²) in [5.74, 6) is 0.365. The van der Waals surface area contributed by atoms with E-state index in [1.807, 2.05) is 0 Å². The minimum absolute atomic E-state index is 0.00231. The van der Waals surface area contributed by atoms with Crippen LogP contribution in [0.15, 0.2) is 23.9 Å². The Bertz CT molecular complexity index is 756. The largest absolute Gasteiger partial charge is 0.464 e. The van der Waals surface area contributed by atoms with Gasteiger partial charge in [0.1, 0.15) is 17.1 Å². The number of carbonyl (C=O) groups is 2. The number of aryl methyl sites for hydroxylation is 2. The molecule has 1 aromatic heterocycles. The predicted octanol–water partition coefficient (Wildman–Crippen LogP) is 3.36. The molecule has 0 aliphatic carbocycles. The molecule has 2 rings (SSSR count). The van der Waals surface area contributed by atoms with E-state index in [0.29, 0.717) is 6.61 Å². The average molecular weight is 420 g/mol. The molecule has 0 saturated carbocycles. The number of nitrogens with one attached hydrogen (secondary N) is 2. The molecule has 1 aliphatic rings. The molecule has 1 aromatic rings. The van der Waals surface area contributed by atoms with Gasteiger partial charge in [0.05, 0.1) is 13.7 Å². The summed E-state index contributed by atoms with van der Waals surface area (Å²) in [6, 6.07) is 4.26. The van der Waals surface area contributed by atoms with E-state index in [2.05, 4.69) is 32.5 Å². The van der Waals surface area contributed by atoms with E-state index in [9.17, 15) is 9.59 Å². The lowest BCUT2D eigenvalue weighted by molar-refractivity contribution is -0.136. The van der Waals surface area contributed by atoms with Gasteiger partial charge in [0.25, 0.3) is 0 Å². The maximum atomic E-state index is 11.9. The smallest absolute Gasteiger partial charge is 0.412 e. The predicted molar refractivity (Wildman–Crippen MR) is 114 cm³/mol. The van der Waals surface area contributed by atoms with E-state index in [-0.39, 0.29) is 12.3 Å². The van der Waals surface area contributed by atoms with Crippen molar-refractivity contribution in [1.29, 1.82) is 0 Å². The van der Waals surface area contributed by atoms with Gasteiger partial charge in [-0.25, -0.2) is 14.6 Å². The molecule has 0 atom stereocenters. The lowest BCUT2D eigenvalue weighted by atomic mass is 10.1. The third-order valence-electron chi connectivity index (χ3n) is 4.37. The van der Waals surface area contributed by atoms with Crippen molar-refractivity contribution in [1.82, 2.24) is 10.3 Å². The van der Waals surface area contributed by atoms with Gasteiger partial charge < -0.3 is 19.5 Å². The number of amides is 1. The summed E-state index contributed by atoms with van der Waals surface area (Å²) in [7, 11) is 1.25. The molecule has 0 unspecified atom stereocenters. The molecule has 0 saturated heterocycles. The summed E-state index contributed by atoms with van der Waals surface area (Å²) in [6.07, 6.45) is 5.72. The van der Waals surface area contributed by atoms with Crippen molar-refractivity contribution < 1.29 is 23.8 Å². The number of carbonyl (C=O) groups excluding carboxylic acids is 2. The average Bonchev–Trinajstić information content (AvgIpc) is 2.70. The molecule has 0 fully saturated rings. The van der Waals surface area contributed by atoms with Crippen molar-refractivity contribution >= 4 is 17.9 Å². The van der Waals surface area contributed by atoms with Gasteiger partial charge in [-0.3, -0.25) is 5.32 Å². The molecule has 0 radical (unpaired) electrons. The van der Waals surface area contributed by atoms with Crippen LogP contribution in [0.3, 0.4) is 0 Å². The normalized spacial score (nSPS) is 13.8. The summed E-state index contributed by atoms with van der Waals surface area (Å²) < 4.78 is 15.4. The summed E-state index contributed by atoms with van der Waals surface area (Å²) in [5.41, 5.74) is 1.71. The monoisotopic (exact) mass is 419 g/mol. The second-order valence-corrected chi connectivity index (χ2v) is 8.11. The molecule has 166 valence electrons. The van der Waals surface area contributed by atoms with Crippen molar-refractivity contribution in [2.24, 2.45) is 0 Å². The number of aromatic nitrogens is 1. The Labute approximate surface area is 178 Å². The Kier molecular flexibility index (Phi) is 9.11.